The van der Waals surface area contributed by atoms with E-state index in [1.54, 1.807) is 0 Å². The van der Waals surface area contributed by atoms with Crippen molar-refractivity contribution in [2.45, 2.75) is 57.8 Å². The van der Waals surface area contributed by atoms with Gasteiger partial charge in [-0.15, -0.1) is 0 Å². The van der Waals surface area contributed by atoms with Gasteiger partial charge in [0.1, 0.15) is 11.6 Å². The van der Waals surface area contributed by atoms with Gasteiger partial charge in [0.05, 0.1) is 11.2 Å². The van der Waals surface area contributed by atoms with Crippen molar-refractivity contribution in [3.8, 4) is 0 Å². The van der Waals surface area contributed by atoms with Gasteiger partial charge in [-0.2, -0.15) is 0 Å². The van der Waals surface area contributed by atoms with Gasteiger partial charge in [0, 0.05) is 17.5 Å². The van der Waals surface area contributed by atoms with E-state index in [-0.39, 0.29) is 28.7 Å². The molecule has 0 bridgehead atoms. The zero-order valence-electron chi connectivity index (χ0n) is 13.5. The summed E-state index contributed by atoms with van der Waals surface area (Å²) >= 11 is 0. The highest BCUT2D eigenvalue weighted by Gasteiger charge is 2.48. The van der Waals surface area contributed by atoms with Crippen LogP contribution in [-0.4, -0.2) is 24.3 Å². The van der Waals surface area contributed by atoms with Gasteiger partial charge in [-0.05, 0) is 59.7 Å². The summed E-state index contributed by atoms with van der Waals surface area (Å²) in [6.07, 6.45) is 1.18. The number of halogens is 2. The van der Waals surface area contributed by atoms with Crippen molar-refractivity contribution in [3.05, 3.63) is 35.4 Å². The Morgan fingerprint density at radius 1 is 1.24 bits per heavy atom. The molecule has 1 aliphatic heterocycles. The molecule has 0 spiro atoms. The molecular weight excluding hydrogens is 272 g/mol. The molecule has 0 aromatic heterocycles. The van der Waals surface area contributed by atoms with Crippen molar-refractivity contribution in [1.29, 1.82) is 0 Å². The fourth-order valence-corrected chi connectivity index (χ4v) is 3.62. The van der Waals surface area contributed by atoms with E-state index in [1.807, 2.05) is 7.05 Å². The second-order valence-corrected chi connectivity index (χ2v) is 7.08. The molecule has 4 heteroatoms. The van der Waals surface area contributed by atoms with Gasteiger partial charge in [-0.1, -0.05) is 6.07 Å². The molecule has 1 aromatic rings. The summed E-state index contributed by atoms with van der Waals surface area (Å²) in [5.41, 5.74) is -0.381. The smallest absolute Gasteiger partial charge is 0.129 e. The molecule has 2 unspecified atom stereocenters. The molecule has 118 valence electrons. The van der Waals surface area contributed by atoms with E-state index in [1.165, 1.54) is 18.2 Å². The van der Waals surface area contributed by atoms with Gasteiger partial charge in [0.2, 0.25) is 0 Å². The Kier molecular flexibility index (Phi) is 4.41. The summed E-state index contributed by atoms with van der Waals surface area (Å²) in [4.78, 5) is 0. The number of rotatable bonds is 4. The van der Waals surface area contributed by atoms with Crippen LogP contribution in [0.25, 0.3) is 0 Å². The number of likely N-dealkylation sites (N-methyl/N-ethyl adjacent to an activating group) is 1. The molecule has 0 aliphatic carbocycles. The highest BCUT2D eigenvalue weighted by molar-refractivity contribution is 5.21. The van der Waals surface area contributed by atoms with Gasteiger partial charge in [0.25, 0.3) is 0 Å². The largest absolute Gasteiger partial charge is 0.369 e. The molecule has 1 heterocycles. The first kappa shape index (κ1) is 16.4. The normalized spacial score (nSPS) is 25.0. The second kappa shape index (κ2) is 5.65. The van der Waals surface area contributed by atoms with Crippen LogP contribution in [0.2, 0.25) is 0 Å². The maximum absolute atomic E-state index is 13.9. The summed E-state index contributed by atoms with van der Waals surface area (Å²) in [6, 6.07) is 3.98. The van der Waals surface area contributed by atoms with E-state index in [0.717, 1.165) is 6.42 Å². The minimum Gasteiger partial charge on any atom is -0.369 e. The van der Waals surface area contributed by atoms with Crippen LogP contribution in [0.5, 0.6) is 0 Å². The highest BCUT2D eigenvalue weighted by Crippen LogP contribution is 2.44. The lowest BCUT2D eigenvalue weighted by Gasteiger charge is -2.33. The van der Waals surface area contributed by atoms with E-state index in [4.69, 9.17) is 4.74 Å². The fourth-order valence-electron chi connectivity index (χ4n) is 3.62. The first-order valence-electron chi connectivity index (χ1n) is 7.46. The van der Waals surface area contributed by atoms with E-state index < -0.39 is 11.6 Å². The van der Waals surface area contributed by atoms with Gasteiger partial charge in [-0.3, -0.25) is 0 Å². The maximum atomic E-state index is 13.9. The van der Waals surface area contributed by atoms with Crippen molar-refractivity contribution >= 4 is 0 Å². The molecule has 0 saturated carbocycles. The molecule has 2 rings (SSSR count). The van der Waals surface area contributed by atoms with Crippen LogP contribution in [0.1, 0.15) is 39.7 Å². The molecule has 1 saturated heterocycles. The number of hydrogen-bond acceptors (Lipinski definition) is 2. The Balaban J connectivity index is 2.25. The number of hydrogen-bond donors (Lipinski definition) is 1. The van der Waals surface area contributed by atoms with Crippen molar-refractivity contribution < 1.29 is 13.5 Å². The molecule has 21 heavy (non-hydrogen) atoms. The minimum atomic E-state index is -0.480. The van der Waals surface area contributed by atoms with Crippen LogP contribution in [0.15, 0.2) is 18.2 Å². The quantitative estimate of drug-likeness (QED) is 0.915. The van der Waals surface area contributed by atoms with Gasteiger partial charge in [0.15, 0.2) is 0 Å². The van der Waals surface area contributed by atoms with Gasteiger partial charge in [-0.25, -0.2) is 8.78 Å². The second-order valence-electron chi connectivity index (χ2n) is 7.08. The predicted octanol–water partition coefficient (Wildman–Crippen LogP) is 3.69. The lowest BCUT2D eigenvalue weighted by Crippen LogP contribution is -2.44. The molecular formula is C17H25F2NO. The molecule has 0 amide bonds. The summed E-state index contributed by atoms with van der Waals surface area (Å²) in [5.74, 6) is -0.769. The molecule has 1 fully saturated rings. The molecule has 2 nitrogen and oxygen atoms in total. The predicted molar refractivity (Wildman–Crippen MR) is 80.3 cm³/mol. The van der Waals surface area contributed by atoms with Crippen LogP contribution in [0, 0.1) is 17.6 Å². The maximum Gasteiger partial charge on any atom is 0.129 e. The van der Waals surface area contributed by atoms with E-state index in [0.29, 0.717) is 6.42 Å². The molecule has 1 aromatic carbocycles. The average molecular weight is 297 g/mol. The van der Waals surface area contributed by atoms with Crippen molar-refractivity contribution in [1.82, 2.24) is 5.32 Å². The highest BCUT2D eigenvalue weighted by atomic mass is 19.1. The monoisotopic (exact) mass is 297 g/mol. The Hall–Kier alpha value is -1.00. The van der Waals surface area contributed by atoms with Crippen LogP contribution < -0.4 is 5.32 Å². The lowest BCUT2D eigenvalue weighted by atomic mass is 9.79. The van der Waals surface area contributed by atoms with Crippen molar-refractivity contribution in [2.75, 3.05) is 7.05 Å². The third kappa shape index (κ3) is 3.43. The van der Waals surface area contributed by atoms with Crippen LogP contribution in [0.3, 0.4) is 0 Å². The summed E-state index contributed by atoms with van der Waals surface area (Å²) in [7, 11) is 1.84. The van der Waals surface area contributed by atoms with E-state index in [9.17, 15) is 8.78 Å². The Morgan fingerprint density at radius 3 is 2.24 bits per heavy atom. The van der Waals surface area contributed by atoms with Gasteiger partial charge >= 0.3 is 0 Å². The molecule has 1 N–H and O–H groups in total. The van der Waals surface area contributed by atoms with Crippen LogP contribution in [-0.2, 0) is 11.2 Å². The van der Waals surface area contributed by atoms with Gasteiger partial charge < -0.3 is 10.1 Å². The summed E-state index contributed by atoms with van der Waals surface area (Å²) in [6.45, 7) is 8.22. The molecule has 1 aliphatic rings. The SMILES string of the molecule is CNC(Cc1c(F)cccc1F)C1CC(C)(C)OC1(C)C. The number of nitrogens with one attached hydrogen (secondary N) is 1. The topological polar surface area (TPSA) is 21.3 Å². The third-order valence-corrected chi connectivity index (χ3v) is 4.49. The van der Waals surface area contributed by atoms with Crippen molar-refractivity contribution in [2.24, 2.45) is 5.92 Å². The summed E-state index contributed by atoms with van der Waals surface area (Å²) < 4.78 is 33.9. The zero-order chi connectivity index (χ0) is 15.8. The zero-order valence-corrected chi connectivity index (χ0v) is 13.5. The third-order valence-electron chi connectivity index (χ3n) is 4.49. The first-order valence-corrected chi connectivity index (χ1v) is 7.46. The minimum absolute atomic E-state index is 0.0341. The lowest BCUT2D eigenvalue weighted by molar-refractivity contribution is -0.0774. The van der Waals surface area contributed by atoms with Crippen LogP contribution in [0.4, 0.5) is 8.78 Å². The standard InChI is InChI=1S/C17H25F2NO/c1-16(2)10-12(17(3,4)21-16)15(20-5)9-11-13(18)7-6-8-14(11)19/h6-8,12,15,20H,9-10H2,1-5H3. The first-order chi connectivity index (χ1) is 9.66. The van der Waals surface area contributed by atoms with E-state index >= 15 is 0 Å². The van der Waals surface area contributed by atoms with Crippen molar-refractivity contribution in [3.63, 3.8) is 0 Å². The number of ether oxygens (including phenoxy) is 1. The van der Waals surface area contributed by atoms with E-state index in [2.05, 4.69) is 33.0 Å². The summed E-state index contributed by atoms with van der Waals surface area (Å²) in [5, 5.41) is 3.23. The molecule has 2 atom stereocenters. The Bertz CT molecular complexity index is 493. The Labute approximate surface area is 125 Å². The van der Waals surface area contributed by atoms with Crippen LogP contribution >= 0.6 is 0 Å². The fraction of sp³-hybridized carbons (Fsp3) is 0.647. The number of benzene rings is 1. The molecule has 0 radical (unpaired) electrons. The Morgan fingerprint density at radius 2 is 1.81 bits per heavy atom. The average Bonchev–Trinajstić information content (AvgIpc) is 2.57.